The molecule has 0 spiro atoms. The van der Waals surface area contributed by atoms with E-state index in [0.717, 1.165) is 41.6 Å². The molecule has 0 amide bonds. The molecule has 5 nitrogen and oxygen atoms in total. The van der Waals surface area contributed by atoms with Crippen molar-refractivity contribution in [2.75, 3.05) is 24.6 Å². The van der Waals surface area contributed by atoms with Crippen molar-refractivity contribution in [2.24, 2.45) is 10.7 Å². The van der Waals surface area contributed by atoms with Crippen LogP contribution in [0.25, 0.3) is 0 Å². The maximum Gasteiger partial charge on any atom is 0.191 e. The highest BCUT2D eigenvalue weighted by atomic mass is 32.2. The van der Waals surface area contributed by atoms with E-state index in [-0.39, 0.29) is 0 Å². The Morgan fingerprint density at radius 3 is 2.76 bits per heavy atom. The van der Waals surface area contributed by atoms with Gasteiger partial charge in [0.1, 0.15) is 5.76 Å². The van der Waals surface area contributed by atoms with Crippen LogP contribution in [0.1, 0.15) is 17.0 Å². The van der Waals surface area contributed by atoms with Gasteiger partial charge in [-0.2, -0.15) is 11.8 Å². The minimum Gasteiger partial charge on any atom is -0.370 e. The molecule has 2 heterocycles. The molecule has 2 N–H and O–H groups in total. The van der Waals surface area contributed by atoms with E-state index in [9.17, 15) is 0 Å². The summed E-state index contributed by atoms with van der Waals surface area (Å²) in [5.41, 5.74) is 7.92. The number of hydrogen-bond donors (Lipinski definition) is 1. The van der Waals surface area contributed by atoms with Gasteiger partial charge in [0.25, 0.3) is 0 Å². The highest BCUT2D eigenvalue weighted by molar-refractivity contribution is 7.99. The van der Waals surface area contributed by atoms with Crippen LogP contribution in [0.5, 0.6) is 0 Å². The van der Waals surface area contributed by atoms with Crippen molar-refractivity contribution in [3.05, 3.63) is 17.0 Å². The number of nitrogens with zero attached hydrogens (tertiary/aromatic N) is 3. The van der Waals surface area contributed by atoms with Gasteiger partial charge in [0.05, 0.1) is 12.2 Å². The van der Waals surface area contributed by atoms with Gasteiger partial charge in [-0.25, -0.2) is 4.99 Å². The third-order valence-electron chi connectivity index (χ3n) is 2.92. The number of aryl methyl sites for hydroxylation is 2. The van der Waals surface area contributed by atoms with Crippen LogP contribution in [0, 0.1) is 13.8 Å². The summed E-state index contributed by atoms with van der Waals surface area (Å²) in [6.45, 7) is 6.35. The zero-order chi connectivity index (χ0) is 12.3. The molecular weight excluding hydrogens is 236 g/mol. The summed E-state index contributed by atoms with van der Waals surface area (Å²) >= 11 is 1.96. The van der Waals surface area contributed by atoms with Gasteiger partial charge in [-0.1, -0.05) is 5.16 Å². The Bertz CT molecular complexity index is 390. The Labute approximate surface area is 105 Å². The predicted octanol–water partition coefficient (Wildman–Crippen LogP) is 1.15. The quantitative estimate of drug-likeness (QED) is 0.633. The second-order valence-electron chi connectivity index (χ2n) is 4.08. The van der Waals surface area contributed by atoms with Gasteiger partial charge in [0.2, 0.25) is 0 Å². The van der Waals surface area contributed by atoms with Crippen molar-refractivity contribution < 1.29 is 4.52 Å². The largest absolute Gasteiger partial charge is 0.370 e. The molecule has 1 aromatic heterocycles. The lowest BCUT2D eigenvalue weighted by Crippen LogP contribution is -2.42. The minimum absolute atomic E-state index is 0.552. The highest BCUT2D eigenvalue weighted by Gasteiger charge is 2.13. The lowest BCUT2D eigenvalue weighted by atomic mass is 10.2. The molecule has 17 heavy (non-hydrogen) atoms. The predicted molar refractivity (Wildman–Crippen MR) is 70.2 cm³/mol. The van der Waals surface area contributed by atoms with E-state index in [1.165, 1.54) is 0 Å². The van der Waals surface area contributed by atoms with Crippen LogP contribution in [0.2, 0.25) is 0 Å². The van der Waals surface area contributed by atoms with E-state index in [1.807, 2.05) is 25.6 Å². The summed E-state index contributed by atoms with van der Waals surface area (Å²) in [6.07, 6.45) is 0. The maximum absolute atomic E-state index is 5.98. The molecule has 1 fully saturated rings. The van der Waals surface area contributed by atoms with E-state index in [1.54, 1.807) is 0 Å². The van der Waals surface area contributed by atoms with Crippen molar-refractivity contribution in [3.63, 3.8) is 0 Å². The van der Waals surface area contributed by atoms with Crippen LogP contribution < -0.4 is 5.73 Å². The van der Waals surface area contributed by atoms with Crippen LogP contribution >= 0.6 is 11.8 Å². The molecule has 0 atom stereocenters. The molecule has 0 unspecified atom stereocenters. The molecule has 0 bridgehead atoms. The zero-order valence-corrected chi connectivity index (χ0v) is 11.1. The Balaban J connectivity index is 1.99. The number of rotatable bonds is 2. The van der Waals surface area contributed by atoms with Crippen molar-refractivity contribution in [2.45, 2.75) is 20.4 Å². The van der Waals surface area contributed by atoms with Gasteiger partial charge < -0.3 is 15.2 Å². The summed E-state index contributed by atoms with van der Waals surface area (Å²) < 4.78 is 5.10. The van der Waals surface area contributed by atoms with Crippen molar-refractivity contribution in [1.29, 1.82) is 0 Å². The fourth-order valence-corrected chi connectivity index (χ4v) is 2.68. The fourth-order valence-electron chi connectivity index (χ4n) is 1.78. The molecule has 94 valence electrons. The summed E-state index contributed by atoms with van der Waals surface area (Å²) in [4.78, 5) is 6.56. The van der Waals surface area contributed by atoms with E-state index >= 15 is 0 Å². The maximum atomic E-state index is 5.98. The Morgan fingerprint density at radius 2 is 2.18 bits per heavy atom. The molecule has 2 rings (SSSR count). The van der Waals surface area contributed by atoms with E-state index in [2.05, 4.69) is 15.0 Å². The average molecular weight is 254 g/mol. The summed E-state index contributed by atoms with van der Waals surface area (Å²) in [7, 11) is 0. The number of nitrogens with two attached hydrogens (primary N) is 1. The first-order valence-electron chi connectivity index (χ1n) is 5.73. The number of aromatic nitrogens is 1. The minimum atomic E-state index is 0.552. The number of aliphatic imine (C=N–C) groups is 1. The standard InChI is InChI=1S/C11H18N4OS/c1-8-10(9(2)16-14-8)7-13-11(12)15-3-5-17-6-4-15/h3-7H2,1-2H3,(H2,12,13). The van der Waals surface area contributed by atoms with Gasteiger partial charge in [-0.05, 0) is 13.8 Å². The van der Waals surface area contributed by atoms with Gasteiger partial charge in [-0.3, -0.25) is 0 Å². The molecule has 1 saturated heterocycles. The number of thioether (sulfide) groups is 1. The fraction of sp³-hybridized carbons (Fsp3) is 0.636. The first kappa shape index (κ1) is 12.3. The van der Waals surface area contributed by atoms with E-state index in [0.29, 0.717) is 12.5 Å². The van der Waals surface area contributed by atoms with Crippen molar-refractivity contribution in [1.82, 2.24) is 10.1 Å². The van der Waals surface area contributed by atoms with Gasteiger partial charge in [-0.15, -0.1) is 0 Å². The van der Waals surface area contributed by atoms with Crippen LogP contribution in [-0.2, 0) is 6.54 Å². The Hall–Kier alpha value is -1.17. The molecular formula is C11H18N4OS. The summed E-state index contributed by atoms with van der Waals surface area (Å²) in [5, 5.41) is 3.90. The van der Waals surface area contributed by atoms with Gasteiger partial charge in [0.15, 0.2) is 5.96 Å². The monoisotopic (exact) mass is 254 g/mol. The normalized spacial score (nSPS) is 17.5. The van der Waals surface area contributed by atoms with Crippen molar-refractivity contribution in [3.8, 4) is 0 Å². The lowest BCUT2D eigenvalue weighted by Gasteiger charge is -2.27. The number of hydrogen-bond acceptors (Lipinski definition) is 4. The first-order chi connectivity index (χ1) is 8.18. The molecule has 0 radical (unpaired) electrons. The molecule has 0 aliphatic carbocycles. The first-order valence-corrected chi connectivity index (χ1v) is 6.88. The second kappa shape index (κ2) is 5.44. The highest BCUT2D eigenvalue weighted by Crippen LogP contribution is 2.14. The SMILES string of the molecule is Cc1noc(C)c1CN=C(N)N1CCSCC1. The third-order valence-corrected chi connectivity index (χ3v) is 3.86. The topological polar surface area (TPSA) is 67.6 Å². The molecule has 1 aliphatic heterocycles. The molecule has 0 saturated carbocycles. The number of guanidine groups is 1. The van der Waals surface area contributed by atoms with Gasteiger partial charge in [0, 0.05) is 30.2 Å². The zero-order valence-electron chi connectivity index (χ0n) is 10.3. The van der Waals surface area contributed by atoms with E-state index < -0.39 is 0 Å². The van der Waals surface area contributed by atoms with Crippen molar-refractivity contribution >= 4 is 17.7 Å². The average Bonchev–Trinajstić information content (AvgIpc) is 2.67. The third kappa shape index (κ3) is 2.94. The second-order valence-corrected chi connectivity index (χ2v) is 5.30. The van der Waals surface area contributed by atoms with Crippen LogP contribution in [0.15, 0.2) is 9.52 Å². The molecule has 1 aromatic rings. The smallest absolute Gasteiger partial charge is 0.191 e. The van der Waals surface area contributed by atoms with Crippen LogP contribution in [-0.4, -0.2) is 40.6 Å². The molecule has 6 heteroatoms. The summed E-state index contributed by atoms with van der Waals surface area (Å²) in [6, 6.07) is 0. The Morgan fingerprint density at radius 1 is 1.47 bits per heavy atom. The Kier molecular flexibility index (Phi) is 3.93. The van der Waals surface area contributed by atoms with Gasteiger partial charge >= 0.3 is 0 Å². The lowest BCUT2D eigenvalue weighted by molar-refractivity contribution is 0.392. The summed E-state index contributed by atoms with van der Waals surface area (Å²) in [5.74, 6) is 3.71. The molecule has 0 aromatic carbocycles. The van der Waals surface area contributed by atoms with E-state index in [4.69, 9.17) is 10.3 Å². The van der Waals surface area contributed by atoms with Crippen LogP contribution in [0.3, 0.4) is 0 Å². The molecule has 1 aliphatic rings. The van der Waals surface area contributed by atoms with Crippen LogP contribution in [0.4, 0.5) is 0 Å².